The molecule has 0 aliphatic carbocycles. The number of unbranched alkanes of at least 4 members (excludes halogenated alkanes) is 1. The summed E-state index contributed by atoms with van der Waals surface area (Å²) in [5.41, 5.74) is 6.40. The number of nitrogens with zero attached hydrogens (tertiary/aromatic N) is 5. The van der Waals surface area contributed by atoms with Gasteiger partial charge in [0, 0.05) is 68.9 Å². The van der Waals surface area contributed by atoms with Crippen LogP contribution >= 0.6 is 0 Å². The molecule has 5 aliphatic heterocycles. The highest BCUT2D eigenvalue weighted by Gasteiger charge is 2.36. The molecule has 324 valence electrons. The van der Waals surface area contributed by atoms with Gasteiger partial charge in [0.1, 0.15) is 13.2 Å². The average molecular weight is 854 g/mol. The standard InChI is InChI=1S/C48H47N5O10/c1-5-29-17-34-23-49-38-21-42(40(59-3)19-36(38)47(57)51(34)25-29)61-27-32-14-31(10-8-7-9-11-46(56)63-53-44(54)12-13-45(53)55)15-33(16-32)28-62-43-22-39-37(20-41(43)60-4)48(58)52-26-30(6-2)18-35(52)24-50-39/h5-6,14-16,19-24,34-35H,7,9,11-13,17-18,25-28H2,1-4H3/b29-5+,30-6+/t34-,35-/m0/s1. The van der Waals surface area contributed by atoms with Gasteiger partial charge in [0.15, 0.2) is 23.0 Å². The zero-order chi connectivity index (χ0) is 44.2. The number of hydrogen-bond acceptors (Lipinski definition) is 12. The third-order valence-corrected chi connectivity index (χ3v) is 11.6. The zero-order valence-corrected chi connectivity index (χ0v) is 35.6. The van der Waals surface area contributed by atoms with Crippen LogP contribution in [0.25, 0.3) is 0 Å². The largest absolute Gasteiger partial charge is 0.493 e. The van der Waals surface area contributed by atoms with Crippen LogP contribution in [0.3, 0.4) is 0 Å². The van der Waals surface area contributed by atoms with Gasteiger partial charge in [-0.3, -0.25) is 29.2 Å². The van der Waals surface area contributed by atoms with E-state index in [9.17, 15) is 24.0 Å². The number of ether oxygens (including phenoxy) is 4. The number of fused-ring (bicyclic) bond motifs is 4. The van der Waals surface area contributed by atoms with Gasteiger partial charge in [-0.05, 0) is 74.6 Å². The normalized spacial score (nSPS) is 19.9. The number of carbonyl (C=O) groups excluding carboxylic acids is 5. The van der Waals surface area contributed by atoms with Gasteiger partial charge in [0.25, 0.3) is 23.6 Å². The number of benzene rings is 3. The molecule has 0 N–H and O–H groups in total. The number of allylic oxidation sites excluding steroid dienone is 2. The summed E-state index contributed by atoms with van der Waals surface area (Å²) in [5, 5.41) is 0.539. The van der Waals surface area contributed by atoms with E-state index >= 15 is 0 Å². The van der Waals surface area contributed by atoms with Crippen LogP contribution < -0.4 is 18.9 Å². The second kappa shape index (κ2) is 18.4. The third kappa shape index (κ3) is 9.06. The lowest BCUT2D eigenvalue weighted by atomic mass is 10.1. The van der Waals surface area contributed by atoms with E-state index in [-0.39, 0.29) is 56.4 Å². The molecule has 5 heterocycles. The zero-order valence-electron chi connectivity index (χ0n) is 35.6. The molecule has 0 spiro atoms. The highest BCUT2D eigenvalue weighted by Crippen LogP contribution is 2.41. The summed E-state index contributed by atoms with van der Waals surface area (Å²) in [6.07, 6.45) is 9.90. The molecule has 0 saturated carbocycles. The van der Waals surface area contributed by atoms with Gasteiger partial charge in [-0.15, -0.1) is 5.06 Å². The lowest BCUT2D eigenvalue weighted by Gasteiger charge is -2.20. The molecule has 8 rings (SSSR count). The topological polar surface area (TPSA) is 166 Å². The molecule has 0 aromatic heterocycles. The molecule has 3 saturated heterocycles. The smallest absolute Gasteiger partial charge is 0.333 e. The Morgan fingerprint density at radius 2 is 1.22 bits per heavy atom. The van der Waals surface area contributed by atoms with Crippen molar-refractivity contribution < 1.29 is 47.8 Å². The van der Waals surface area contributed by atoms with Crippen LogP contribution in [0.5, 0.6) is 23.0 Å². The summed E-state index contributed by atoms with van der Waals surface area (Å²) in [6.45, 7) is 5.25. The van der Waals surface area contributed by atoms with Gasteiger partial charge in [0.2, 0.25) is 0 Å². The lowest BCUT2D eigenvalue weighted by Crippen LogP contribution is -2.35. The molecule has 15 heteroatoms. The quantitative estimate of drug-likeness (QED) is 0.0824. The van der Waals surface area contributed by atoms with Crippen molar-refractivity contribution in [2.45, 2.75) is 84.1 Å². The second-order valence-electron chi connectivity index (χ2n) is 15.7. The van der Waals surface area contributed by atoms with Crippen LogP contribution in [-0.2, 0) is 32.4 Å². The highest BCUT2D eigenvalue weighted by atomic mass is 16.7. The Morgan fingerprint density at radius 3 is 1.70 bits per heavy atom. The number of carbonyl (C=O) groups is 5. The van der Waals surface area contributed by atoms with E-state index in [2.05, 4.69) is 11.8 Å². The summed E-state index contributed by atoms with van der Waals surface area (Å²) in [4.78, 5) is 81.3. The Labute approximate surface area is 364 Å². The van der Waals surface area contributed by atoms with E-state index in [1.807, 2.05) is 66.4 Å². The molecule has 0 bridgehead atoms. The first-order valence-corrected chi connectivity index (χ1v) is 20.9. The minimum atomic E-state index is -0.683. The highest BCUT2D eigenvalue weighted by molar-refractivity contribution is 6.05. The first-order valence-electron chi connectivity index (χ1n) is 20.9. The fourth-order valence-electron chi connectivity index (χ4n) is 8.14. The summed E-state index contributed by atoms with van der Waals surface area (Å²) >= 11 is 0. The van der Waals surface area contributed by atoms with Crippen molar-refractivity contribution in [3.05, 3.63) is 93.6 Å². The fraction of sp³-hybridized carbons (Fsp3) is 0.354. The van der Waals surface area contributed by atoms with Crippen molar-refractivity contribution in [2.75, 3.05) is 27.3 Å². The monoisotopic (exact) mass is 853 g/mol. The molecule has 63 heavy (non-hydrogen) atoms. The molecule has 4 amide bonds. The average Bonchev–Trinajstić information content (AvgIpc) is 3.96. The molecule has 3 aromatic rings. The maximum atomic E-state index is 13.6. The first kappa shape index (κ1) is 42.5. The Kier molecular flexibility index (Phi) is 12.4. The maximum Gasteiger partial charge on any atom is 0.333 e. The Hall–Kier alpha value is -7.21. The molecule has 15 nitrogen and oxygen atoms in total. The number of amides is 4. The summed E-state index contributed by atoms with van der Waals surface area (Å²) in [5.74, 6) is 5.88. The molecular weight excluding hydrogens is 807 g/mol. The molecule has 3 aromatic carbocycles. The number of methoxy groups -OCH3 is 2. The summed E-state index contributed by atoms with van der Waals surface area (Å²) in [7, 11) is 3.04. The van der Waals surface area contributed by atoms with Crippen LogP contribution in [0, 0.1) is 11.8 Å². The third-order valence-electron chi connectivity index (χ3n) is 11.6. The van der Waals surface area contributed by atoms with Crippen LogP contribution in [0.15, 0.2) is 75.7 Å². The molecule has 5 aliphatic rings. The molecule has 0 radical (unpaired) electrons. The molecule has 3 fully saturated rings. The van der Waals surface area contributed by atoms with Crippen molar-refractivity contribution in [1.29, 1.82) is 0 Å². The number of hydrogen-bond donors (Lipinski definition) is 0. The van der Waals surface area contributed by atoms with Crippen molar-refractivity contribution in [2.24, 2.45) is 9.98 Å². The van der Waals surface area contributed by atoms with Crippen molar-refractivity contribution in [3.63, 3.8) is 0 Å². The van der Waals surface area contributed by atoms with E-state index in [0.717, 1.165) is 24.0 Å². The Balaban J connectivity index is 1.02. The van der Waals surface area contributed by atoms with E-state index in [4.69, 9.17) is 33.8 Å². The van der Waals surface area contributed by atoms with Crippen molar-refractivity contribution in [1.82, 2.24) is 14.9 Å². The van der Waals surface area contributed by atoms with Gasteiger partial charge in [-0.25, -0.2) is 4.79 Å². The van der Waals surface area contributed by atoms with Crippen molar-refractivity contribution >= 4 is 53.4 Å². The SMILES string of the molecule is C/C=C1\C[C@H]2C=Nc3cc(OCc4cc(C#CCCCC(=O)ON5C(=O)CCC5=O)cc(COc5cc6c(cc5OC)C(=O)N5C/C(=C/C)C[C@H]5C=N6)c4)c(OC)cc3C(=O)N2C1. The van der Waals surface area contributed by atoms with Crippen LogP contribution in [0.4, 0.5) is 11.4 Å². The van der Waals surface area contributed by atoms with Gasteiger partial charge >= 0.3 is 5.97 Å². The van der Waals surface area contributed by atoms with E-state index in [1.54, 1.807) is 24.3 Å². The fourth-order valence-corrected chi connectivity index (χ4v) is 8.14. The van der Waals surface area contributed by atoms with E-state index in [1.165, 1.54) is 25.4 Å². The Bertz CT molecular complexity index is 2430. The predicted molar refractivity (Wildman–Crippen MR) is 232 cm³/mol. The number of hydroxylamine groups is 2. The second-order valence-corrected chi connectivity index (χ2v) is 15.7. The summed E-state index contributed by atoms with van der Waals surface area (Å²) < 4.78 is 24.1. The Morgan fingerprint density at radius 1 is 0.714 bits per heavy atom. The van der Waals surface area contributed by atoms with Gasteiger partial charge < -0.3 is 33.6 Å². The number of imide groups is 1. The van der Waals surface area contributed by atoms with Crippen LogP contribution in [0.2, 0.25) is 0 Å². The van der Waals surface area contributed by atoms with Gasteiger partial charge in [0.05, 0.1) is 48.8 Å². The molecule has 2 atom stereocenters. The lowest BCUT2D eigenvalue weighted by molar-refractivity contribution is -0.197. The number of rotatable bonds is 12. The van der Waals surface area contributed by atoms with Crippen molar-refractivity contribution in [3.8, 4) is 34.8 Å². The first-order chi connectivity index (χ1) is 30.5. The predicted octanol–water partition coefficient (Wildman–Crippen LogP) is 6.74. The van der Waals surface area contributed by atoms with Gasteiger partial charge in [-0.2, -0.15) is 0 Å². The number of aliphatic imine (C=N–C) groups is 2. The molecule has 0 unspecified atom stereocenters. The van der Waals surface area contributed by atoms with Crippen LogP contribution in [0.1, 0.15) is 96.2 Å². The minimum Gasteiger partial charge on any atom is -0.493 e. The minimum absolute atomic E-state index is 0.0239. The van der Waals surface area contributed by atoms with E-state index in [0.29, 0.717) is 82.1 Å². The summed E-state index contributed by atoms with van der Waals surface area (Å²) in [6, 6.07) is 12.2. The maximum absolute atomic E-state index is 13.6. The van der Waals surface area contributed by atoms with E-state index < -0.39 is 17.8 Å². The molecular formula is C48H47N5O10. The van der Waals surface area contributed by atoms with Gasteiger partial charge in [-0.1, -0.05) is 35.1 Å². The van der Waals surface area contributed by atoms with Crippen LogP contribution in [-0.4, -0.2) is 96.3 Å².